The minimum absolute atomic E-state index is 0.166. The van der Waals surface area contributed by atoms with Crippen molar-refractivity contribution in [2.45, 2.75) is 52.4 Å². The minimum Gasteiger partial charge on any atom is -0.138 e. The molecule has 3 heteroatoms. The maximum Gasteiger partial charge on any atom is 0.148 e. The third-order valence-corrected chi connectivity index (χ3v) is 5.44. The van der Waals surface area contributed by atoms with E-state index in [1.807, 2.05) is 0 Å². The molecule has 3 aromatic rings. The van der Waals surface area contributed by atoms with Crippen LogP contribution in [0.4, 0.5) is 0 Å². The van der Waals surface area contributed by atoms with Crippen molar-refractivity contribution in [3.8, 4) is 21.1 Å². The molecule has 0 atom stereocenters. The molecule has 0 spiro atoms. The number of benzene rings is 2. The van der Waals surface area contributed by atoms with Gasteiger partial charge in [0.25, 0.3) is 0 Å². The average molecular weight is 351 g/mol. The Balaban J connectivity index is 1.85. The van der Waals surface area contributed by atoms with Crippen LogP contribution in [0.15, 0.2) is 48.5 Å². The predicted molar refractivity (Wildman–Crippen MR) is 108 cm³/mol. The maximum absolute atomic E-state index is 4.39. The van der Waals surface area contributed by atoms with Crippen LogP contribution >= 0.6 is 11.3 Å². The van der Waals surface area contributed by atoms with Crippen molar-refractivity contribution < 1.29 is 0 Å². The van der Waals surface area contributed by atoms with Gasteiger partial charge in [-0.1, -0.05) is 101 Å². The van der Waals surface area contributed by atoms with Crippen LogP contribution in [0.2, 0.25) is 0 Å². The second-order valence-electron chi connectivity index (χ2n) is 8.57. The van der Waals surface area contributed by atoms with Gasteiger partial charge in [0.15, 0.2) is 0 Å². The van der Waals surface area contributed by atoms with Crippen LogP contribution < -0.4 is 0 Å². The smallest absolute Gasteiger partial charge is 0.138 e. The molecule has 0 unspecified atom stereocenters. The van der Waals surface area contributed by atoms with Gasteiger partial charge in [0.05, 0.1) is 0 Å². The van der Waals surface area contributed by atoms with Crippen molar-refractivity contribution in [3.63, 3.8) is 0 Å². The summed E-state index contributed by atoms with van der Waals surface area (Å²) in [4.78, 5) is 0. The lowest BCUT2D eigenvalue weighted by atomic mass is 9.87. The van der Waals surface area contributed by atoms with E-state index in [1.165, 1.54) is 11.1 Å². The Morgan fingerprint density at radius 3 is 1.16 bits per heavy atom. The van der Waals surface area contributed by atoms with Gasteiger partial charge in [-0.2, -0.15) is 0 Å². The van der Waals surface area contributed by atoms with Crippen molar-refractivity contribution in [1.29, 1.82) is 0 Å². The number of rotatable bonds is 2. The van der Waals surface area contributed by atoms with E-state index in [-0.39, 0.29) is 10.8 Å². The van der Waals surface area contributed by atoms with Crippen LogP contribution in [0.1, 0.15) is 52.7 Å². The molecule has 2 aromatic carbocycles. The van der Waals surface area contributed by atoms with E-state index >= 15 is 0 Å². The van der Waals surface area contributed by atoms with Gasteiger partial charge >= 0.3 is 0 Å². The Hall–Kier alpha value is -2.00. The normalized spacial score (nSPS) is 12.4. The van der Waals surface area contributed by atoms with Gasteiger partial charge in [0.2, 0.25) is 0 Å². The Labute approximate surface area is 155 Å². The zero-order valence-corrected chi connectivity index (χ0v) is 16.7. The fourth-order valence-electron chi connectivity index (χ4n) is 2.68. The van der Waals surface area contributed by atoms with E-state index in [1.54, 1.807) is 11.3 Å². The highest BCUT2D eigenvalue weighted by molar-refractivity contribution is 7.17. The molecule has 0 aliphatic carbocycles. The molecule has 1 heterocycles. The van der Waals surface area contributed by atoms with Crippen molar-refractivity contribution in [2.24, 2.45) is 0 Å². The Morgan fingerprint density at radius 2 is 0.880 bits per heavy atom. The van der Waals surface area contributed by atoms with Gasteiger partial charge in [-0.3, -0.25) is 0 Å². The van der Waals surface area contributed by atoms with E-state index in [4.69, 9.17) is 0 Å². The zero-order chi connectivity index (χ0) is 18.2. The fraction of sp³-hybridized carbons (Fsp3) is 0.364. The third-order valence-electron chi connectivity index (χ3n) is 4.42. The summed E-state index contributed by atoms with van der Waals surface area (Å²) < 4.78 is 0. The second-order valence-corrected chi connectivity index (χ2v) is 9.54. The molecule has 0 bridgehead atoms. The SMILES string of the molecule is CC(C)(C)c1ccc(-c2nnc(-c3ccc(C(C)(C)C)cc3)s2)cc1. The zero-order valence-electron chi connectivity index (χ0n) is 15.9. The molecule has 0 radical (unpaired) electrons. The minimum atomic E-state index is 0.166. The highest BCUT2D eigenvalue weighted by Crippen LogP contribution is 2.32. The van der Waals surface area contributed by atoms with Crippen molar-refractivity contribution in [2.75, 3.05) is 0 Å². The highest BCUT2D eigenvalue weighted by atomic mass is 32.1. The van der Waals surface area contributed by atoms with E-state index in [0.29, 0.717) is 0 Å². The second kappa shape index (κ2) is 6.38. The summed E-state index contributed by atoms with van der Waals surface area (Å²) in [7, 11) is 0. The quantitative estimate of drug-likeness (QED) is 0.529. The molecule has 0 amide bonds. The maximum atomic E-state index is 4.39. The lowest BCUT2D eigenvalue weighted by molar-refractivity contribution is 0.590. The predicted octanol–water partition coefficient (Wildman–Crippen LogP) is 6.47. The van der Waals surface area contributed by atoms with Crippen LogP contribution in [0.5, 0.6) is 0 Å². The van der Waals surface area contributed by atoms with Crippen molar-refractivity contribution in [3.05, 3.63) is 59.7 Å². The first-order valence-corrected chi connectivity index (χ1v) is 9.51. The lowest BCUT2D eigenvalue weighted by Crippen LogP contribution is -2.10. The number of nitrogens with zero attached hydrogens (tertiary/aromatic N) is 2. The number of hydrogen-bond acceptors (Lipinski definition) is 3. The summed E-state index contributed by atoms with van der Waals surface area (Å²) in [5.41, 5.74) is 5.25. The number of hydrogen-bond donors (Lipinski definition) is 0. The van der Waals surface area contributed by atoms with Crippen LogP contribution in [0, 0.1) is 0 Å². The van der Waals surface area contributed by atoms with E-state index < -0.39 is 0 Å². The Bertz CT molecular complexity index is 773. The summed E-state index contributed by atoms with van der Waals surface area (Å²) in [5, 5.41) is 10.7. The largest absolute Gasteiger partial charge is 0.148 e. The van der Waals surface area contributed by atoms with E-state index in [9.17, 15) is 0 Å². The lowest BCUT2D eigenvalue weighted by Gasteiger charge is -2.18. The molecule has 0 saturated heterocycles. The molecular weight excluding hydrogens is 324 g/mol. The van der Waals surface area contributed by atoms with Gasteiger partial charge in [-0.25, -0.2) is 0 Å². The molecule has 25 heavy (non-hydrogen) atoms. The van der Waals surface area contributed by atoms with Crippen LogP contribution in [0.3, 0.4) is 0 Å². The van der Waals surface area contributed by atoms with Gasteiger partial charge in [-0.15, -0.1) is 10.2 Å². The monoisotopic (exact) mass is 350 g/mol. The molecular formula is C22H26N2S. The summed E-state index contributed by atoms with van der Waals surface area (Å²) in [6, 6.07) is 17.3. The van der Waals surface area contributed by atoms with Crippen molar-refractivity contribution >= 4 is 11.3 Å². The first kappa shape index (κ1) is 17.8. The topological polar surface area (TPSA) is 25.8 Å². The highest BCUT2D eigenvalue weighted by Gasteiger charge is 2.16. The Morgan fingerprint density at radius 1 is 0.560 bits per heavy atom. The summed E-state index contributed by atoms with van der Waals surface area (Å²) >= 11 is 1.64. The molecule has 0 fully saturated rings. The average Bonchev–Trinajstić information content (AvgIpc) is 3.03. The van der Waals surface area contributed by atoms with Gasteiger partial charge in [-0.05, 0) is 22.0 Å². The molecule has 0 N–H and O–H groups in total. The summed E-state index contributed by atoms with van der Waals surface area (Å²) in [5.74, 6) is 0. The third kappa shape index (κ3) is 3.98. The molecule has 0 aliphatic rings. The molecule has 0 aliphatic heterocycles. The fourth-order valence-corrected chi connectivity index (χ4v) is 3.54. The molecule has 1 aromatic heterocycles. The summed E-state index contributed by atoms with van der Waals surface area (Å²) in [6.45, 7) is 13.4. The molecule has 2 nitrogen and oxygen atoms in total. The van der Waals surface area contributed by atoms with Crippen LogP contribution in [-0.2, 0) is 10.8 Å². The van der Waals surface area contributed by atoms with Crippen LogP contribution in [0.25, 0.3) is 21.1 Å². The Kier molecular flexibility index (Phi) is 4.54. The first-order chi connectivity index (χ1) is 11.6. The first-order valence-electron chi connectivity index (χ1n) is 8.70. The van der Waals surface area contributed by atoms with Gasteiger partial charge in [0, 0.05) is 11.1 Å². The molecule has 130 valence electrons. The van der Waals surface area contributed by atoms with Crippen molar-refractivity contribution in [1.82, 2.24) is 10.2 Å². The van der Waals surface area contributed by atoms with Gasteiger partial charge < -0.3 is 0 Å². The standard InChI is InChI=1S/C22H26N2S/c1-21(2,3)17-11-7-15(8-12-17)19-23-24-20(25-19)16-9-13-18(14-10-16)22(4,5)6/h7-14H,1-6H3. The number of aromatic nitrogens is 2. The summed E-state index contributed by atoms with van der Waals surface area (Å²) in [6.07, 6.45) is 0. The van der Waals surface area contributed by atoms with Crippen LogP contribution in [-0.4, -0.2) is 10.2 Å². The van der Waals surface area contributed by atoms with E-state index in [0.717, 1.165) is 21.1 Å². The van der Waals surface area contributed by atoms with E-state index in [2.05, 4.69) is 100 Å². The molecule has 0 saturated carbocycles. The van der Waals surface area contributed by atoms with Gasteiger partial charge in [0.1, 0.15) is 10.0 Å². The molecule has 3 rings (SSSR count).